The Bertz CT molecular complexity index is 226. The molecule has 0 aromatic carbocycles. The van der Waals surface area contributed by atoms with Gasteiger partial charge in [-0.25, -0.2) is 0 Å². The van der Waals surface area contributed by atoms with Gasteiger partial charge in [0, 0.05) is 18.0 Å². The molecule has 82 valence electrons. The van der Waals surface area contributed by atoms with Gasteiger partial charge in [0.1, 0.15) is 0 Å². The van der Waals surface area contributed by atoms with E-state index in [1.807, 2.05) is 0 Å². The smallest absolute Gasteiger partial charge is 0.316 e. The minimum atomic E-state index is -4.20. The highest BCUT2D eigenvalue weighted by Gasteiger charge is 2.46. The van der Waals surface area contributed by atoms with Crippen LogP contribution in [0.1, 0.15) is 0 Å². The van der Waals surface area contributed by atoms with Gasteiger partial charge in [-0.3, -0.25) is 0 Å². The van der Waals surface area contributed by atoms with Gasteiger partial charge in [-0.2, -0.15) is 13.2 Å². The number of alkyl halides is 3. The largest absolute Gasteiger partial charge is 0.393 e. The van der Waals surface area contributed by atoms with Crippen molar-refractivity contribution in [3.8, 4) is 0 Å². The van der Waals surface area contributed by atoms with Crippen LogP contribution in [0.4, 0.5) is 13.2 Å². The van der Waals surface area contributed by atoms with Crippen molar-refractivity contribution in [1.82, 2.24) is 5.32 Å². The van der Waals surface area contributed by atoms with Crippen LogP contribution in [0.25, 0.3) is 10.4 Å². The first-order chi connectivity index (χ1) is 6.05. The molecule has 14 heavy (non-hydrogen) atoms. The van der Waals surface area contributed by atoms with Crippen LogP contribution < -0.4 is 5.32 Å². The minimum Gasteiger partial charge on any atom is -0.316 e. The predicted octanol–water partition coefficient (Wildman–Crippen LogP) is 2.12. The Morgan fingerprint density at radius 1 is 1.43 bits per heavy atom. The highest BCUT2D eigenvalue weighted by molar-refractivity contribution is 5.85. The first-order valence-corrected chi connectivity index (χ1v) is 3.84. The van der Waals surface area contributed by atoms with Crippen LogP contribution in [-0.4, -0.2) is 25.8 Å². The lowest BCUT2D eigenvalue weighted by Gasteiger charge is -2.19. The van der Waals surface area contributed by atoms with E-state index in [0.29, 0.717) is 0 Å². The van der Waals surface area contributed by atoms with Crippen molar-refractivity contribution < 1.29 is 13.2 Å². The normalized spacial score (nSPS) is 26.5. The number of rotatable bonds is 2. The first kappa shape index (κ1) is 13.4. The maximum absolute atomic E-state index is 12.3. The third-order valence-corrected chi connectivity index (χ3v) is 2.14. The molecule has 4 nitrogen and oxygen atoms in total. The number of nitrogens with one attached hydrogen (secondary N) is 1. The van der Waals surface area contributed by atoms with Crippen LogP contribution in [0.3, 0.4) is 0 Å². The summed E-state index contributed by atoms with van der Waals surface area (Å²) >= 11 is 0. The molecule has 0 amide bonds. The van der Waals surface area contributed by atoms with E-state index < -0.39 is 18.0 Å². The van der Waals surface area contributed by atoms with Gasteiger partial charge < -0.3 is 5.32 Å². The molecule has 0 spiro atoms. The molecule has 0 aromatic rings. The van der Waals surface area contributed by atoms with Gasteiger partial charge in [0.25, 0.3) is 0 Å². The molecule has 1 aliphatic rings. The molecule has 0 bridgehead atoms. The summed E-state index contributed by atoms with van der Waals surface area (Å²) in [5, 5.41) is 5.79. The fraction of sp³-hybridized carbons (Fsp3) is 1.00. The molecule has 2 atom stereocenters. The summed E-state index contributed by atoms with van der Waals surface area (Å²) < 4.78 is 36.8. The summed E-state index contributed by atoms with van der Waals surface area (Å²) in [4.78, 5) is 2.45. The minimum absolute atomic E-state index is 0. The second kappa shape index (κ2) is 5.29. The van der Waals surface area contributed by atoms with Crippen molar-refractivity contribution >= 4 is 12.4 Å². The van der Waals surface area contributed by atoms with Crippen molar-refractivity contribution in [1.29, 1.82) is 0 Å². The monoisotopic (exact) mass is 230 g/mol. The van der Waals surface area contributed by atoms with Gasteiger partial charge >= 0.3 is 6.18 Å². The Labute approximate surface area is 84.9 Å². The van der Waals surface area contributed by atoms with Crippen molar-refractivity contribution in [3.63, 3.8) is 0 Å². The van der Waals surface area contributed by atoms with Crippen LogP contribution in [0.15, 0.2) is 5.11 Å². The summed E-state index contributed by atoms with van der Waals surface area (Å²) in [6.45, 7) is 0.103. The molecule has 0 aliphatic carbocycles. The highest BCUT2D eigenvalue weighted by Crippen LogP contribution is 2.34. The third-order valence-electron chi connectivity index (χ3n) is 2.14. The first-order valence-electron chi connectivity index (χ1n) is 3.84. The molecular weight excluding hydrogens is 221 g/mol. The number of nitrogens with zero attached hydrogens (tertiary/aromatic N) is 3. The Morgan fingerprint density at radius 2 is 2.07 bits per heavy atom. The lowest BCUT2D eigenvalue weighted by molar-refractivity contribution is -0.178. The van der Waals surface area contributed by atoms with E-state index in [1.54, 1.807) is 0 Å². The van der Waals surface area contributed by atoms with Gasteiger partial charge in [-0.1, -0.05) is 5.11 Å². The van der Waals surface area contributed by atoms with E-state index in [-0.39, 0.29) is 32.0 Å². The molecule has 0 radical (unpaired) electrons. The molecule has 1 heterocycles. The fourth-order valence-corrected chi connectivity index (χ4v) is 1.45. The van der Waals surface area contributed by atoms with E-state index in [1.165, 1.54) is 0 Å². The maximum atomic E-state index is 12.3. The maximum Gasteiger partial charge on any atom is 0.393 e. The van der Waals surface area contributed by atoms with Crippen molar-refractivity contribution in [2.45, 2.75) is 6.18 Å². The summed E-state index contributed by atoms with van der Waals surface area (Å²) in [5.74, 6) is -1.99. The van der Waals surface area contributed by atoms with Crippen LogP contribution in [-0.2, 0) is 0 Å². The number of halogens is 4. The lowest BCUT2D eigenvalue weighted by atomic mass is 9.96. The predicted molar refractivity (Wildman–Crippen MR) is 47.2 cm³/mol. The second-order valence-electron chi connectivity index (χ2n) is 2.98. The lowest BCUT2D eigenvalue weighted by Crippen LogP contribution is -2.30. The number of hydrogen-bond donors (Lipinski definition) is 1. The molecule has 1 N–H and O–H groups in total. The standard InChI is InChI=1S/C6H9F3N4.ClH/c7-6(8,9)5-3-11-1-4(5)2-12-13-10;/h4-5,11H,1-3H2;1H. The van der Waals surface area contributed by atoms with Gasteiger partial charge in [0.15, 0.2) is 0 Å². The van der Waals surface area contributed by atoms with Gasteiger partial charge in [-0.15, -0.1) is 12.4 Å². The second-order valence-corrected chi connectivity index (χ2v) is 2.98. The summed E-state index contributed by atoms with van der Waals surface area (Å²) in [6, 6.07) is 0. The zero-order valence-electron chi connectivity index (χ0n) is 7.16. The molecule has 8 heteroatoms. The molecule has 1 aliphatic heterocycles. The van der Waals surface area contributed by atoms with Gasteiger partial charge in [0.05, 0.1) is 5.92 Å². The van der Waals surface area contributed by atoms with Crippen LogP contribution in [0.2, 0.25) is 0 Å². The van der Waals surface area contributed by atoms with E-state index in [4.69, 9.17) is 5.53 Å². The van der Waals surface area contributed by atoms with Gasteiger partial charge in [-0.05, 0) is 18.0 Å². The highest BCUT2D eigenvalue weighted by atomic mass is 35.5. The quantitative estimate of drug-likeness (QED) is 0.441. The molecule has 1 saturated heterocycles. The average Bonchev–Trinajstić information content (AvgIpc) is 2.47. The zero-order chi connectivity index (χ0) is 9.90. The van der Waals surface area contributed by atoms with Crippen molar-refractivity contribution in [3.05, 3.63) is 10.4 Å². The van der Waals surface area contributed by atoms with Gasteiger partial charge in [0.2, 0.25) is 0 Å². The van der Waals surface area contributed by atoms with Crippen LogP contribution in [0.5, 0.6) is 0 Å². The fourth-order valence-electron chi connectivity index (χ4n) is 1.45. The summed E-state index contributed by atoms with van der Waals surface area (Å²) in [6.07, 6.45) is -4.20. The Kier molecular flexibility index (Phi) is 5.04. The molecule has 0 saturated carbocycles. The number of azide groups is 1. The molecule has 0 aromatic heterocycles. The molecular formula is C6H10ClF3N4. The Morgan fingerprint density at radius 3 is 2.57 bits per heavy atom. The van der Waals surface area contributed by atoms with Crippen LogP contribution >= 0.6 is 12.4 Å². The zero-order valence-corrected chi connectivity index (χ0v) is 7.98. The topological polar surface area (TPSA) is 60.8 Å². The third kappa shape index (κ3) is 3.25. The Balaban J connectivity index is 0.00000169. The molecule has 1 fully saturated rings. The summed E-state index contributed by atoms with van der Waals surface area (Å²) in [5.41, 5.74) is 7.97. The SMILES string of the molecule is Cl.[N-]=[N+]=NCC1CNCC1C(F)(F)F. The van der Waals surface area contributed by atoms with E-state index >= 15 is 0 Å². The van der Waals surface area contributed by atoms with E-state index in [0.717, 1.165) is 0 Å². The summed E-state index contributed by atoms with van der Waals surface area (Å²) in [7, 11) is 0. The van der Waals surface area contributed by atoms with E-state index in [2.05, 4.69) is 15.3 Å². The Hall–Kier alpha value is -0.650. The van der Waals surface area contributed by atoms with Crippen molar-refractivity contribution in [2.75, 3.05) is 19.6 Å². The van der Waals surface area contributed by atoms with Crippen LogP contribution in [0, 0.1) is 11.8 Å². The average molecular weight is 231 g/mol. The van der Waals surface area contributed by atoms with E-state index in [9.17, 15) is 13.2 Å². The van der Waals surface area contributed by atoms with Crippen molar-refractivity contribution in [2.24, 2.45) is 17.0 Å². The molecule has 2 unspecified atom stereocenters. The number of hydrogen-bond acceptors (Lipinski definition) is 2. The molecule has 1 rings (SSSR count).